The van der Waals surface area contributed by atoms with Gasteiger partial charge in [0.15, 0.2) is 0 Å². The number of carboxylic acids is 1. The van der Waals surface area contributed by atoms with Gasteiger partial charge in [-0.15, -0.1) is 0 Å². The Balaban J connectivity index is 3.11. The normalized spacial score (nSPS) is 9.62. The van der Waals surface area contributed by atoms with E-state index in [1.807, 2.05) is 0 Å². The monoisotopic (exact) mass is 243 g/mol. The van der Waals surface area contributed by atoms with Crippen molar-refractivity contribution in [2.24, 2.45) is 0 Å². The lowest BCUT2D eigenvalue weighted by Crippen LogP contribution is -2.12. The fraction of sp³-hybridized carbons (Fsp3) is 0. The van der Waals surface area contributed by atoms with Crippen molar-refractivity contribution in [3.05, 3.63) is 28.2 Å². The highest BCUT2D eigenvalue weighted by Gasteiger charge is 2.14. The minimum Gasteiger partial charge on any atom is -0.475 e. The number of carbonyl (C=O) groups is 2. The maximum Gasteiger partial charge on any atom is 0.377 e. The van der Waals surface area contributed by atoms with E-state index in [9.17, 15) is 9.59 Å². The molecule has 5 heteroatoms. The second-order valence-electron chi connectivity index (χ2n) is 2.37. The minimum atomic E-state index is -1.48. The SMILES string of the molecule is Nc1cc(C(=O)C(=O)O)ccc1Br. The molecule has 0 aliphatic heterocycles. The summed E-state index contributed by atoms with van der Waals surface area (Å²) < 4.78 is 0.634. The summed E-state index contributed by atoms with van der Waals surface area (Å²) in [7, 11) is 0. The molecule has 1 aromatic rings. The third kappa shape index (κ3) is 2.06. The molecule has 0 unspecified atom stereocenters. The molecule has 0 spiro atoms. The molecule has 68 valence electrons. The van der Waals surface area contributed by atoms with Crippen molar-refractivity contribution in [1.29, 1.82) is 0 Å². The Kier molecular flexibility index (Phi) is 2.67. The fourth-order valence-electron chi connectivity index (χ4n) is 0.808. The highest BCUT2D eigenvalue weighted by molar-refractivity contribution is 9.10. The van der Waals surface area contributed by atoms with Gasteiger partial charge in [0.05, 0.1) is 0 Å². The molecule has 0 atom stereocenters. The molecule has 0 fully saturated rings. The van der Waals surface area contributed by atoms with Crippen LogP contribution in [0.25, 0.3) is 0 Å². The molecule has 1 aromatic carbocycles. The third-order valence-electron chi connectivity index (χ3n) is 1.45. The standard InChI is InChI=1S/C8H6BrNO3/c9-5-2-1-4(3-6(5)10)7(11)8(12)13/h1-3H,10H2,(H,12,13). The van der Waals surface area contributed by atoms with Crippen LogP contribution < -0.4 is 5.73 Å². The van der Waals surface area contributed by atoms with Gasteiger partial charge in [-0.1, -0.05) is 0 Å². The maximum atomic E-state index is 10.9. The number of benzene rings is 1. The lowest BCUT2D eigenvalue weighted by molar-refractivity contribution is -0.131. The molecule has 0 amide bonds. The predicted octanol–water partition coefficient (Wildman–Crippen LogP) is 1.30. The first-order valence-electron chi connectivity index (χ1n) is 3.35. The van der Waals surface area contributed by atoms with Crippen LogP contribution in [0.5, 0.6) is 0 Å². The summed E-state index contributed by atoms with van der Waals surface area (Å²) >= 11 is 3.13. The van der Waals surface area contributed by atoms with Crippen LogP contribution in [0.15, 0.2) is 22.7 Å². The molecular formula is C8H6BrNO3. The van der Waals surface area contributed by atoms with E-state index in [-0.39, 0.29) is 5.56 Å². The Morgan fingerprint density at radius 2 is 2.00 bits per heavy atom. The van der Waals surface area contributed by atoms with Crippen molar-refractivity contribution < 1.29 is 14.7 Å². The van der Waals surface area contributed by atoms with Crippen LogP contribution in [0.2, 0.25) is 0 Å². The van der Waals surface area contributed by atoms with Gasteiger partial charge in [-0.3, -0.25) is 4.79 Å². The Hall–Kier alpha value is -1.36. The average molecular weight is 244 g/mol. The number of rotatable bonds is 2. The fourth-order valence-corrected chi connectivity index (χ4v) is 1.06. The quantitative estimate of drug-likeness (QED) is 0.466. The van der Waals surface area contributed by atoms with Crippen molar-refractivity contribution in [1.82, 2.24) is 0 Å². The lowest BCUT2D eigenvalue weighted by Gasteiger charge is -1.99. The molecule has 0 saturated carbocycles. The van der Waals surface area contributed by atoms with E-state index in [2.05, 4.69) is 15.9 Å². The maximum absolute atomic E-state index is 10.9. The molecule has 0 radical (unpaired) electrons. The number of nitrogen functional groups attached to an aromatic ring is 1. The number of nitrogens with two attached hydrogens (primary N) is 1. The van der Waals surface area contributed by atoms with E-state index in [1.54, 1.807) is 0 Å². The second-order valence-corrected chi connectivity index (χ2v) is 3.22. The summed E-state index contributed by atoms with van der Waals surface area (Å²) in [5.41, 5.74) is 5.88. The van der Waals surface area contributed by atoms with E-state index in [1.165, 1.54) is 18.2 Å². The Bertz CT molecular complexity index is 376. The molecular weight excluding hydrogens is 238 g/mol. The number of aliphatic carboxylic acids is 1. The highest BCUT2D eigenvalue weighted by atomic mass is 79.9. The van der Waals surface area contributed by atoms with Crippen molar-refractivity contribution in [2.75, 3.05) is 5.73 Å². The van der Waals surface area contributed by atoms with Crippen LogP contribution in [0.4, 0.5) is 5.69 Å². The summed E-state index contributed by atoms with van der Waals surface area (Å²) in [6, 6.07) is 4.25. The molecule has 4 nitrogen and oxygen atoms in total. The predicted molar refractivity (Wildman–Crippen MR) is 50.5 cm³/mol. The van der Waals surface area contributed by atoms with E-state index < -0.39 is 11.8 Å². The van der Waals surface area contributed by atoms with Crippen LogP contribution in [-0.4, -0.2) is 16.9 Å². The van der Waals surface area contributed by atoms with Crippen molar-refractivity contribution in [3.63, 3.8) is 0 Å². The van der Waals surface area contributed by atoms with Gasteiger partial charge in [0.25, 0.3) is 5.78 Å². The molecule has 3 N–H and O–H groups in total. The van der Waals surface area contributed by atoms with Crippen molar-refractivity contribution >= 4 is 33.4 Å². The lowest BCUT2D eigenvalue weighted by atomic mass is 10.1. The van der Waals surface area contributed by atoms with Gasteiger partial charge in [0.1, 0.15) is 0 Å². The first kappa shape index (κ1) is 9.73. The summed E-state index contributed by atoms with van der Waals surface area (Å²) in [6.07, 6.45) is 0. The molecule has 0 bridgehead atoms. The van der Waals surface area contributed by atoms with Crippen LogP contribution in [0.1, 0.15) is 10.4 Å². The molecule has 0 aromatic heterocycles. The average Bonchev–Trinajstić information content (AvgIpc) is 2.08. The van der Waals surface area contributed by atoms with Crippen LogP contribution in [-0.2, 0) is 4.79 Å². The number of halogens is 1. The summed E-state index contributed by atoms with van der Waals surface area (Å²) in [5, 5.41) is 8.39. The van der Waals surface area contributed by atoms with Gasteiger partial charge < -0.3 is 10.8 Å². The zero-order valence-corrected chi connectivity index (χ0v) is 8.04. The van der Waals surface area contributed by atoms with E-state index in [0.29, 0.717) is 10.2 Å². The van der Waals surface area contributed by atoms with Gasteiger partial charge >= 0.3 is 5.97 Å². The molecule has 1 rings (SSSR count). The minimum absolute atomic E-state index is 0.0770. The number of anilines is 1. The molecule has 13 heavy (non-hydrogen) atoms. The van der Waals surface area contributed by atoms with Crippen LogP contribution in [0.3, 0.4) is 0 Å². The Morgan fingerprint density at radius 3 is 2.46 bits per heavy atom. The zero-order chi connectivity index (χ0) is 10.0. The van der Waals surface area contributed by atoms with Gasteiger partial charge in [-0.05, 0) is 34.1 Å². The summed E-state index contributed by atoms with van der Waals surface area (Å²) in [6.45, 7) is 0. The smallest absolute Gasteiger partial charge is 0.377 e. The van der Waals surface area contributed by atoms with E-state index >= 15 is 0 Å². The highest BCUT2D eigenvalue weighted by Crippen LogP contribution is 2.20. The van der Waals surface area contributed by atoms with Crippen molar-refractivity contribution in [3.8, 4) is 0 Å². The van der Waals surface area contributed by atoms with Gasteiger partial charge in [-0.2, -0.15) is 0 Å². The van der Waals surface area contributed by atoms with Crippen molar-refractivity contribution in [2.45, 2.75) is 0 Å². The number of hydrogen-bond acceptors (Lipinski definition) is 3. The Morgan fingerprint density at radius 1 is 1.38 bits per heavy atom. The van der Waals surface area contributed by atoms with Crippen LogP contribution in [0, 0.1) is 0 Å². The van der Waals surface area contributed by atoms with Gasteiger partial charge in [0, 0.05) is 15.7 Å². The van der Waals surface area contributed by atoms with Crippen LogP contribution >= 0.6 is 15.9 Å². The molecule has 0 aliphatic carbocycles. The number of ketones is 1. The third-order valence-corrected chi connectivity index (χ3v) is 2.17. The number of carboxylic acid groups (broad SMARTS) is 1. The molecule has 0 heterocycles. The summed E-state index contributed by atoms with van der Waals surface area (Å²) in [5.74, 6) is -2.44. The first-order chi connectivity index (χ1) is 6.02. The topological polar surface area (TPSA) is 80.4 Å². The number of carbonyl (C=O) groups excluding carboxylic acids is 1. The molecule has 0 aliphatic rings. The Labute approximate surface area is 82.5 Å². The first-order valence-corrected chi connectivity index (χ1v) is 4.14. The zero-order valence-electron chi connectivity index (χ0n) is 6.45. The summed E-state index contributed by atoms with van der Waals surface area (Å²) in [4.78, 5) is 21.2. The molecule has 0 saturated heterocycles. The van der Waals surface area contributed by atoms with Gasteiger partial charge in [0.2, 0.25) is 0 Å². The number of Topliss-reactive ketones (excluding diaryl/α,β-unsaturated/α-hetero) is 1. The van der Waals surface area contributed by atoms with E-state index in [4.69, 9.17) is 10.8 Å². The van der Waals surface area contributed by atoms with Gasteiger partial charge in [-0.25, -0.2) is 4.79 Å². The second kappa shape index (κ2) is 3.57. The largest absolute Gasteiger partial charge is 0.475 e. The number of hydrogen-bond donors (Lipinski definition) is 2. The van der Waals surface area contributed by atoms with E-state index in [0.717, 1.165) is 0 Å².